The van der Waals surface area contributed by atoms with E-state index in [2.05, 4.69) is 0 Å². The van der Waals surface area contributed by atoms with Crippen LogP contribution < -0.4 is 9.21 Å². The molecule has 0 N–H and O–H groups in total. The molecule has 0 radical (unpaired) electrons. The molecule has 0 spiro atoms. The third-order valence-corrected chi connectivity index (χ3v) is 7.73. The van der Waals surface area contributed by atoms with Crippen LogP contribution in [0.2, 0.25) is 5.02 Å². The second kappa shape index (κ2) is 8.12. The highest BCUT2D eigenvalue weighted by atomic mass is 35.5. The van der Waals surface area contributed by atoms with Crippen LogP contribution in [0.15, 0.2) is 42.5 Å². The second-order valence-electron chi connectivity index (χ2n) is 7.68. The van der Waals surface area contributed by atoms with Crippen LogP contribution in [0.25, 0.3) is 0 Å². The predicted octanol–water partition coefficient (Wildman–Crippen LogP) is 2.75. The van der Waals surface area contributed by atoms with Gasteiger partial charge in [-0.1, -0.05) is 30.7 Å². The first-order valence-corrected chi connectivity index (χ1v) is 11.8. The number of halogens is 2. The molecule has 2 amide bonds. The van der Waals surface area contributed by atoms with Crippen LogP contribution in [-0.2, 0) is 14.8 Å². The molecule has 4 rings (SSSR count). The number of hydrogen-bond donors (Lipinski definition) is 0. The first-order chi connectivity index (χ1) is 14.7. The second-order valence-corrected chi connectivity index (χ2v) is 9.95. The minimum absolute atomic E-state index is 0.104. The first-order valence-electron chi connectivity index (χ1n) is 9.84. The highest BCUT2D eigenvalue weighted by molar-refractivity contribution is 7.94. The zero-order valence-corrected chi connectivity index (χ0v) is 18.4. The van der Waals surface area contributed by atoms with Gasteiger partial charge < -0.3 is 9.80 Å². The molecule has 2 aliphatic heterocycles. The normalized spacial score (nSPS) is 20.9. The summed E-state index contributed by atoms with van der Waals surface area (Å²) in [6.07, 6.45) is 0. The number of para-hydroxylation sites is 1. The summed E-state index contributed by atoms with van der Waals surface area (Å²) in [5.41, 5.74) is 0.717. The van der Waals surface area contributed by atoms with Crippen molar-refractivity contribution in [1.82, 2.24) is 4.90 Å². The number of nitrogens with zero attached hydrogens (tertiary/aromatic N) is 3. The first kappa shape index (κ1) is 21.6. The Morgan fingerprint density at radius 2 is 1.77 bits per heavy atom. The van der Waals surface area contributed by atoms with E-state index < -0.39 is 21.8 Å². The molecule has 10 heteroatoms. The lowest BCUT2D eigenvalue weighted by atomic mass is 10.1. The molecule has 1 atom stereocenters. The van der Waals surface area contributed by atoms with Crippen LogP contribution >= 0.6 is 11.6 Å². The van der Waals surface area contributed by atoms with E-state index in [1.54, 1.807) is 30.0 Å². The van der Waals surface area contributed by atoms with E-state index >= 15 is 0 Å². The molecule has 2 heterocycles. The average molecular weight is 466 g/mol. The SMILES string of the molecule is CC1CS(=O)(=O)N(c2ccc(Cl)c(C(=O)N3CCN(c4ccccc4F)CC3)c2)C1=O. The van der Waals surface area contributed by atoms with Crippen molar-refractivity contribution in [3.8, 4) is 0 Å². The van der Waals surface area contributed by atoms with E-state index in [9.17, 15) is 22.4 Å². The van der Waals surface area contributed by atoms with E-state index in [1.165, 1.54) is 24.3 Å². The maximum Gasteiger partial charge on any atom is 0.255 e. The van der Waals surface area contributed by atoms with Gasteiger partial charge >= 0.3 is 0 Å². The van der Waals surface area contributed by atoms with Crippen molar-refractivity contribution >= 4 is 44.8 Å². The smallest absolute Gasteiger partial charge is 0.255 e. The minimum Gasteiger partial charge on any atom is -0.366 e. The van der Waals surface area contributed by atoms with Gasteiger partial charge in [-0.2, -0.15) is 0 Å². The Kier molecular flexibility index (Phi) is 5.65. The van der Waals surface area contributed by atoms with Gasteiger partial charge in [-0.15, -0.1) is 0 Å². The van der Waals surface area contributed by atoms with Crippen molar-refractivity contribution in [3.63, 3.8) is 0 Å². The summed E-state index contributed by atoms with van der Waals surface area (Å²) in [4.78, 5) is 28.9. The lowest BCUT2D eigenvalue weighted by Crippen LogP contribution is -2.49. The number of sulfonamides is 1. The summed E-state index contributed by atoms with van der Waals surface area (Å²) in [5, 5.41) is 0.169. The number of rotatable bonds is 3. The van der Waals surface area contributed by atoms with Gasteiger partial charge in [-0.25, -0.2) is 17.1 Å². The van der Waals surface area contributed by atoms with Gasteiger partial charge in [-0.3, -0.25) is 9.59 Å². The minimum atomic E-state index is -3.79. The Morgan fingerprint density at radius 3 is 2.39 bits per heavy atom. The lowest BCUT2D eigenvalue weighted by Gasteiger charge is -2.36. The van der Waals surface area contributed by atoms with Crippen LogP contribution in [-0.4, -0.2) is 57.1 Å². The molecule has 0 saturated carbocycles. The fraction of sp³-hybridized carbons (Fsp3) is 0.333. The largest absolute Gasteiger partial charge is 0.366 e. The van der Waals surface area contributed by atoms with Crippen LogP contribution in [0.1, 0.15) is 17.3 Å². The summed E-state index contributed by atoms with van der Waals surface area (Å²) in [5.74, 6) is -2.12. The van der Waals surface area contributed by atoms with E-state index in [1.807, 2.05) is 4.90 Å². The molecule has 31 heavy (non-hydrogen) atoms. The Hall–Kier alpha value is -2.65. The zero-order valence-electron chi connectivity index (χ0n) is 16.8. The highest BCUT2D eigenvalue weighted by Gasteiger charge is 2.42. The van der Waals surface area contributed by atoms with E-state index in [-0.39, 0.29) is 33.8 Å². The van der Waals surface area contributed by atoms with Gasteiger partial charge in [0.05, 0.1) is 33.6 Å². The van der Waals surface area contributed by atoms with Crippen molar-refractivity contribution in [3.05, 3.63) is 58.9 Å². The lowest BCUT2D eigenvalue weighted by molar-refractivity contribution is -0.119. The summed E-state index contributed by atoms with van der Waals surface area (Å²) < 4.78 is 39.6. The summed E-state index contributed by atoms with van der Waals surface area (Å²) >= 11 is 6.24. The Balaban J connectivity index is 1.54. The van der Waals surface area contributed by atoms with Crippen molar-refractivity contribution in [1.29, 1.82) is 0 Å². The summed E-state index contributed by atoms with van der Waals surface area (Å²) in [6, 6.07) is 10.7. The standard InChI is InChI=1S/C21H21ClFN3O4S/c1-14-13-31(29,30)26(20(14)27)15-6-7-17(22)16(12-15)21(28)25-10-8-24(9-11-25)19-5-3-2-4-18(19)23/h2-7,12,14H,8-11,13H2,1H3. The van der Waals surface area contributed by atoms with Crippen molar-refractivity contribution in [2.45, 2.75) is 6.92 Å². The number of anilines is 2. The molecule has 0 aliphatic carbocycles. The monoisotopic (exact) mass is 465 g/mol. The maximum atomic E-state index is 14.0. The molecule has 2 saturated heterocycles. The molecule has 0 aromatic heterocycles. The Labute approximate surface area is 185 Å². The maximum absolute atomic E-state index is 14.0. The molecule has 2 aliphatic rings. The fourth-order valence-corrected chi connectivity index (χ4v) is 5.93. The Bertz CT molecular complexity index is 1150. The zero-order chi connectivity index (χ0) is 22.3. The third kappa shape index (κ3) is 3.99. The Morgan fingerprint density at radius 1 is 1.10 bits per heavy atom. The van der Waals surface area contributed by atoms with E-state index in [0.717, 1.165) is 4.31 Å². The third-order valence-electron chi connectivity index (χ3n) is 5.54. The van der Waals surface area contributed by atoms with Crippen molar-refractivity contribution in [2.24, 2.45) is 5.92 Å². The van der Waals surface area contributed by atoms with Gasteiger partial charge in [-0.05, 0) is 30.3 Å². The molecule has 1 unspecified atom stereocenters. The summed E-state index contributed by atoms with van der Waals surface area (Å²) in [7, 11) is -3.79. The highest BCUT2D eigenvalue weighted by Crippen LogP contribution is 2.32. The number of carbonyl (C=O) groups excluding carboxylic acids is 2. The number of hydrogen-bond acceptors (Lipinski definition) is 5. The van der Waals surface area contributed by atoms with Gasteiger partial charge in [0.1, 0.15) is 5.82 Å². The molecule has 2 aromatic carbocycles. The van der Waals surface area contributed by atoms with Crippen LogP contribution in [0.5, 0.6) is 0 Å². The molecule has 0 bridgehead atoms. The molecule has 7 nitrogen and oxygen atoms in total. The van der Waals surface area contributed by atoms with Gasteiger partial charge in [0, 0.05) is 26.2 Å². The molecule has 2 aromatic rings. The molecule has 2 fully saturated rings. The molecular weight excluding hydrogens is 445 g/mol. The fourth-order valence-electron chi connectivity index (χ4n) is 3.92. The predicted molar refractivity (Wildman–Crippen MR) is 116 cm³/mol. The molecular formula is C21H21ClFN3O4S. The van der Waals surface area contributed by atoms with Crippen LogP contribution in [0, 0.1) is 11.7 Å². The van der Waals surface area contributed by atoms with E-state index in [4.69, 9.17) is 11.6 Å². The van der Waals surface area contributed by atoms with E-state index in [0.29, 0.717) is 31.9 Å². The number of carbonyl (C=O) groups is 2. The van der Waals surface area contributed by atoms with Crippen molar-refractivity contribution in [2.75, 3.05) is 41.1 Å². The van der Waals surface area contributed by atoms with Crippen LogP contribution in [0.4, 0.5) is 15.8 Å². The van der Waals surface area contributed by atoms with Gasteiger partial charge in [0.2, 0.25) is 15.9 Å². The van der Waals surface area contributed by atoms with Gasteiger partial charge in [0.15, 0.2) is 0 Å². The topological polar surface area (TPSA) is 78.0 Å². The number of amides is 2. The molecule has 164 valence electrons. The van der Waals surface area contributed by atoms with Crippen LogP contribution in [0.3, 0.4) is 0 Å². The number of benzene rings is 2. The average Bonchev–Trinajstić information content (AvgIpc) is 2.95. The number of piperazine rings is 1. The quantitative estimate of drug-likeness (QED) is 0.696. The van der Waals surface area contributed by atoms with Gasteiger partial charge in [0.25, 0.3) is 5.91 Å². The summed E-state index contributed by atoms with van der Waals surface area (Å²) in [6.45, 7) is 3.15. The van der Waals surface area contributed by atoms with Crippen molar-refractivity contribution < 1.29 is 22.4 Å².